The first-order valence-corrected chi connectivity index (χ1v) is 9.77. The molecule has 1 aliphatic rings. The Hall–Kier alpha value is -2.35. The van der Waals surface area contributed by atoms with Crippen LogP contribution in [0.15, 0.2) is 36.4 Å². The molecule has 29 heavy (non-hydrogen) atoms. The van der Waals surface area contributed by atoms with E-state index >= 15 is 0 Å². The molecule has 2 aromatic rings. The molecular weight excluding hydrogens is 397 g/mol. The van der Waals surface area contributed by atoms with E-state index in [4.69, 9.17) is 21.1 Å². The van der Waals surface area contributed by atoms with Crippen molar-refractivity contribution in [2.75, 3.05) is 52.3 Å². The molecule has 0 bridgehead atoms. The summed E-state index contributed by atoms with van der Waals surface area (Å²) in [5.74, 6) is 0.798. The molecule has 2 aromatic carbocycles. The van der Waals surface area contributed by atoms with Crippen molar-refractivity contribution < 1.29 is 18.7 Å². The van der Waals surface area contributed by atoms with Gasteiger partial charge in [0.1, 0.15) is 5.82 Å². The summed E-state index contributed by atoms with van der Waals surface area (Å²) in [7, 11) is 3.25. The maximum absolute atomic E-state index is 13.2. The van der Waals surface area contributed by atoms with Crippen LogP contribution in [0.3, 0.4) is 0 Å². The van der Waals surface area contributed by atoms with Gasteiger partial charge in [-0.05, 0) is 35.9 Å². The van der Waals surface area contributed by atoms with E-state index in [0.29, 0.717) is 12.2 Å². The van der Waals surface area contributed by atoms with Crippen LogP contribution in [-0.4, -0.2) is 62.7 Å². The molecule has 0 atom stereocenters. The van der Waals surface area contributed by atoms with Crippen molar-refractivity contribution in [2.45, 2.75) is 6.54 Å². The Morgan fingerprint density at radius 2 is 1.72 bits per heavy atom. The Morgan fingerprint density at radius 3 is 2.38 bits per heavy atom. The standard InChI is InChI=1S/C21H25ClFN3O3/c1-28-19-6-3-15(11-20(19)29-2)13-25-7-9-26(10-8-25)14-21(27)24-16-4-5-18(23)17(22)12-16/h3-6,11-12H,7-10,13-14H2,1-2H3,(H,24,27). The number of ether oxygens (including phenoxy) is 2. The Bertz CT molecular complexity index is 857. The van der Waals surface area contributed by atoms with Crippen molar-refractivity contribution in [2.24, 2.45) is 0 Å². The third-order valence-electron chi connectivity index (χ3n) is 4.89. The number of halogens is 2. The zero-order chi connectivity index (χ0) is 20.8. The highest BCUT2D eigenvalue weighted by Gasteiger charge is 2.19. The number of piperazine rings is 1. The van der Waals surface area contributed by atoms with Gasteiger partial charge in [0.2, 0.25) is 5.91 Å². The van der Waals surface area contributed by atoms with Crippen molar-refractivity contribution in [3.63, 3.8) is 0 Å². The Balaban J connectivity index is 1.46. The van der Waals surface area contributed by atoms with Gasteiger partial charge in [-0.2, -0.15) is 0 Å². The second-order valence-corrected chi connectivity index (χ2v) is 7.33. The molecule has 0 aromatic heterocycles. The summed E-state index contributed by atoms with van der Waals surface area (Å²) in [6, 6.07) is 10.1. The van der Waals surface area contributed by atoms with E-state index in [1.54, 1.807) is 14.2 Å². The van der Waals surface area contributed by atoms with Gasteiger partial charge < -0.3 is 14.8 Å². The lowest BCUT2D eigenvalue weighted by Gasteiger charge is -2.34. The van der Waals surface area contributed by atoms with Gasteiger partial charge in [-0.15, -0.1) is 0 Å². The minimum absolute atomic E-state index is 0.00780. The van der Waals surface area contributed by atoms with E-state index in [1.165, 1.54) is 18.2 Å². The topological polar surface area (TPSA) is 54.0 Å². The largest absolute Gasteiger partial charge is 0.493 e. The van der Waals surface area contributed by atoms with Gasteiger partial charge in [0.25, 0.3) is 0 Å². The summed E-state index contributed by atoms with van der Waals surface area (Å²) in [4.78, 5) is 16.7. The summed E-state index contributed by atoms with van der Waals surface area (Å²) >= 11 is 5.75. The number of nitrogens with one attached hydrogen (secondary N) is 1. The van der Waals surface area contributed by atoms with Gasteiger partial charge in [0, 0.05) is 38.4 Å². The van der Waals surface area contributed by atoms with Crippen molar-refractivity contribution >= 4 is 23.2 Å². The van der Waals surface area contributed by atoms with Gasteiger partial charge in [-0.1, -0.05) is 17.7 Å². The number of anilines is 1. The lowest BCUT2D eigenvalue weighted by Crippen LogP contribution is -2.48. The molecule has 1 N–H and O–H groups in total. The van der Waals surface area contributed by atoms with Crippen LogP contribution in [0.5, 0.6) is 11.5 Å². The van der Waals surface area contributed by atoms with Crippen LogP contribution in [0.4, 0.5) is 10.1 Å². The number of hydrogen-bond donors (Lipinski definition) is 1. The summed E-state index contributed by atoms with van der Waals surface area (Å²) < 4.78 is 23.9. The first kappa shape index (κ1) is 21.4. The van der Waals surface area contributed by atoms with Crippen molar-refractivity contribution in [1.29, 1.82) is 0 Å². The third kappa shape index (κ3) is 5.82. The quantitative estimate of drug-likeness (QED) is 0.743. The number of rotatable bonds is 7. The van der Waals surface area contributed by atoms with Crippen molar-refractivity contribution in [3.8, 4) is 11.5 Å². The first-order chi connectivity index (χ1) is 14.0. The molecule has 1 amide bonds. The fourth-order valence-corrected chi connectivity index (χ4v) is 3.50. The second-order valence-electron chi connectivity index (χ2n) is 6.92. The zero-order valence-corrected chi connectivity index (χ0v) is 17.3. The molecule has 0 unspecified atom stereocenters. The second kappa shape index (κ2) is 9.91. The summed E-state index contributed by atoms with van der Waals surface area (Å²) in [5.41, 5.74) is 1.65. The molecule has 1 heterocycles. The fourth-order valence-electron chi connectivity index (χ4n) is 3.32. The summed E-state index contributed by atoms with van der Waals surface area (Å²) in [6.07, 6.45) is 0. The number of nitrogens with zero attached hydrogens (tertiary/aromatic N) is 2. The zero-order valence-electron chi connectivity index (χ0n) is 16.6. The van der Waals surface area contributed by atoms with Crippen LogP contribution in [-0.2, 0) is 11.3 Å². The number of amides is 1. The normalized spacial score (nSPS) is 15.2. The van der Waals surface area contributed by atoms with E-state index in [-0.39, 0.29) is 10.9 Å². The van der Waals surface area contributed by atoms with Crippen molar-refractivity contribution in [1.82, 2.24) is 9.80 Å². The molecule has 0 spiro atoms. The lowest BCUT2D eigenvalue weighted by molar-refractivity contribution is -0.117. The third-order valence-corrected chi connectivity index (χ3v) is 5.18. The fraction of sp³-hybridized carbons (Fsp3) is 0.381. The SMILES string of the molecule is COc1ccc(CN2CCN(CC(=O)Nc3ccc(F)c(Cl)c3)CC2)cc1OC. The molecule has 1 fully saturated rings. The maximum Gasteiger partial charge on any atom is 0.238 e. The van der Waals surface area contributed by atoms with E-state index in [2.05, 4.69) is 15.1 Å². The highest BCUT2D eigenvalue weighted by atomic mass is 35.5. The maximum atomic E-state index is 13.2. The predicted octanol–water partition coefficient (Wildman–Crippen LogP) is 3.25. The number of benzene rings is 2. The molecule has 1 aliphatic heterocycles. The molecule has 1 saturated heterocycles. The van der Waals surface area contributed by atoms with Crippen LogP contribution < -0.4 is 14.8 Å². The predicted molar refractivity (Wildman–Crippen MR) is 111 cm³/mol. The van der Waals surface area contributed by atoms with E-state index in [0.717, 1.165) is 49.8 Å². The van der Waals surface area contributed by atoms with Crippen LogP contribution in [0.25, 0.3) is 0 Å². The molecule has 0 radical (unpaired) electrons. The van der Waals surface area contributed by atoms with Crippen LogP contribution >= 0.6 is 11.6 Å². The molecular formula is C21H25ClFN3O3. The number of carbonyl (C=O) groups excluding carboxylic acids is 1. The van der Waals surface area contributed by atoms with Crippen LogP contribution in [0.1, 0.15) is 5.56 Å². The van der Waals surface area contributed by atoms with Gasteiger partial charge in [0.05, 0.1) is 25.8 Å². The lowest BCUT2D eigenvalue weighted by atomic mass is 10.1. The smallest absolute Gasteiger partial charge is 0.238 e. The van der Waals surface area contributed by atoms with E-state index < -0.39 is 5.82 Å². The molecule has 3 rings (SSSR count). The van der Waals surface area contributed by atoms with E-state index in [1.807, 2.05) is 18.2 Å². The molecule has 0 saturated carbocycles. The Kier molecular flexibility index (Phi) is 7.30. The average Bonchev–Trinajstić information content (AvgIpc) is 2.72. The molecule has 6 nitrogen and oxygen atoms in total. The van der Waals surface area contributed by atoms with Crippen LogP contribution in [0, 0.1) is 5.82 Å². The highest BCUT2D eigenvalue weighted by molar-refractivity contribution is 6.31. The van der Waals surface area contributed by atoms with Crippen molar-refractivity contribution in [3.05, 3.63) is 52.8 Å². The summed E-state index contributed by atoms with van der Waals surface area (Å²) in [6.45, 7) is 4.43. The number of carbonyl (C=O) groups is 1. The molecule has 0 aliphatic carbocycles. The highest BCUT2D eigenvalue weighted by Crippen LogP contribution is 2.28. The Morgan fingerprint density at radius 1 is 1.03 bits per heavy atom. The van der Waals surface area contributed by atoms with Gasteiger partial charge in [0.15, 0.2) is 11.5 Å². The van der Waals surface area contributed by atoms with Crippen LogP contribution in [0.2, 0.25) is 5.02 Å². The molecule has 156 valence electrons. The Labute approximate surface area is 175 Å². The average molecular weight is 422 g/mol. The minimum atomic E-state index is -0.504. The monoisotopic (exact) mass is 421 g/mol. The van der Waals surface area contributed by atoms with Gasteiger partial charge >= 0.3 is 0 Å². The molecule has 8 heteroatoms. The van der Waals surface area contributed by atoms with E-state index in [9.17, 15) is 9.18 Å². The number of methoxy groups -OCH3 is 2. The summed E-state index contributed by atoms with van der Waals surface area (Å²) in [5, 5.41) is 2.75. The minimum Gasteiger partial charge on any atom is -0.493 e. The first-order valence-electron chi connectivity index (χ1n) is 9.39. The van der Waals surface area contributed by atoms with Gasteiger partial charge in [-0.3, -0.25) is 14.6 Å². The number of hydrogen-bond acceptors (Lipinski definition) is 5. The van der Waals surface area contributed by atoms with Gasteiger partial charge in [-0.25, -0.2) is 4.39 Å².